The minimum absolute atomic E-state index is 0.0926. The maximum atomic E-state index is 9.92. The Balaban J connectivity index is 2.56. The van der Waals surface area contributed by atoms with Crippen LogP contribution in [0.25, 0.3) is 0 Å². The Morgan fingerprint density at radius 2 is 2.00 bits per heavy atom. The van der Waals surface area contributed by atoms with E-state index in [9.17, 15) is 5.11 Å². The fourth-order valence-electron chi connectivity index (χ4n) is 1.95. The van der Waals surface area contributed by atoms with Gasteiger partial charge in [-0.3, -0.25) is 4.90 Å². The molecule has 0 aliphatic carbocycles. The molecule has 0 aromatic carbocycles. The molecule has 1 aliphatic heterocycles. The van der Waals surface area contributed by atoms with E-state index in [1.165, 1.54) is 12.8 Å². The molecular formula is C11H21NO. The van der Waals surface area contributed by atoms with Gasteiger partial charge in [-0.15, -0.1) is 6.58 Å². The molecule has 1 unspecified atom stereocenters. The molecule has 0 amide bonds. The van der Waals surface area contributed by atoms with Gasteiger partial charge in [0.25, 0.3) is 0 Å². The van der Waals surface area contributed by atoms with Crippen LogP contribution < -0.4 is 0 Å². The highest BCUT2D eigenvalue weighted by molar-refractivity contribution is 4.93. The highest BCUT2D eigenvalue weighted by atomic mass is 16.3. The summed E-state index contributed by atoms with van der Waals surface area (Å²) in [5.74, 6) is 0. The summed E-state index contributed by atoms with van der Waals surface area (Å²) in [6, 6.07) is 0. The summed E-state index contributed by atoms with van der Waals surface area (Å²) in [6.45, 7) is 10.1. The topological polar surface area (TPSA) is 23.5 Å². The Hall–Kier alpha value is -0.340. The molecule has 0 saturated carbocycles. The molecule has 0 aromatic heterocycles. The maximum Gasteiger partial charge on any atom is 0.0752 e. The van der Waals surface area contributed by atoms with Crippen molar-refractivity contribution in [3.05, 3.63) is 12.7 Å². The van der Waals surface area contributed by atoms with E-state index in [0.29, 0.717) is 6.42 Å². The molecule has 1 N–H and O–H groups in total. The molecule has 76 valence electrons. The zero-order chi connectivity index (χ0) is 9.90. The molecule has 1 fully saturated rings. The van der Waals surface area contributed by atoms with Gasteiger partial charge in [-0.1, -0.05) is 6.08 Å². The van der Waals surface area contributed by atoms with Crippen molar-refractivity contribution in [3.63, 3.8) is 0 Å². The number of likely N-dealkylation sites (tertiary alicyclic amines) is 1. The van der Waals surface area contributed by atoms with Crippen molar-refractivity contribution < 1.29 is 5.11 Å². The average Bonchev–Trinajstić information content (AvgIpc) is 2.56. The van der Waals surface area contributed by atoms with Gasteiger partial charge in [-0.25, -0.2) is 0 Å². The largest absolute Gasteiger partial charge is 0.391 e. The molecule has 1 atom stereocenters. The summed E-state index contributed by atoms with van der Waals surface area (Å²) in [5.41, 5.74) is -0.0926. The van der Waals surface area contributed by atoms with Crippen LogP contribution in [0.5, 0.6) is 0 Å². The predicted octanol–water partition coefficient (Wildman–Crippen LogP) is 1.80. The van der Waals surface area contributed by atoms with Crippen LogP contribution in [0.15, 0.2) is 12.7 Å². The minimum atomic E-state index is -0.289. The van der Waals surface area contributed by atoms with Gasteiger partial charge in [-0.05, 0) is 46.2 Å². The van der Waals surface area contributed by atoms with E-state index in [1.54, 1.807) is 6.08 Å². The molecule has 0 bridgehead atoms. The van der Waals surface area contributed by atoms with Crippen LogP contribution in [-0.4, -0.2) is 34.7 Å². The highest BCUT2D eigenvalue weighted by Crippen LogP contribution is 2.25. The Bertz CT molecular complexity index is 171. The smallest absolute Gasteiger partial charge is 0.0752 e. The minimum Gasteiger partial charge on any atom is -0.391 e. The summed E-state index contributed by atoms with van der Waals surface area (Å²) in [6.07, 6.45) is 4.73. The van der Waals surface area contributed by atoms with Crippen molar-refractivity contribution in [2.45, 2.75) is 44.8 Å². The molecule has 2 heteroatoms. The van der Waals surface area contributed by atoms with E-state index in [0.717, 1.165) is 13.1 Å². The van der Waals surface area contributed by atoms with Gasteiger partial charge in [0.2, 0.25) is 0 Å². The summed E-state index contributed by atoms with van der Waals surface area (Å²) < 4.78 is 0. The molecule has 0 spiro atoms. The summed E-state index contributed by atoms with van der Waals surface area (Å²) >= 11 is 0. The number of nitrogens with zero attached hydrogens (tertiary/aromatic N) is 1. The monoisotopic (exact) mass is 183 g/mol. The number of aliphatic hydroxyl groups is 1. The zero-order valence-corrected chi connectivity index (χ0v) is 8.79. The van der Waals surface area contributed by atoms with E-state index in [-0.39, 0.29) is 11.6 Å². The summed E-state index contributed by atoms with van der Waals surface area (Å²) in [4.78, 5) is 2.38. The third-order valence-electron chi connectivity index (χ3n) is 3.13. The second-order valence-electron chi connectivity index (χ2n) is 4.39. The fourth-order valence-corrected chi connectivity index (χ4v) is 1.95. The zero-order valence-electron chi connectivity index (χ0n) is 8.79. The first-order valence-corrected chi connectivity index (χ1v) is 5.13. The van der Waals surface area contributed by atoms with Crippen molar-refractivity contribution in [3.8, 4) is 0 Å². The molecule has 1 rings (SSSR count). The summed E-state index contributed by atoms with van der Waals surface area (Å²) in [7, 11) is 0. The van der Waals surface area contributed by atoms with Gasteiger partial charge in [0, 0.05) is 5.54 Å². The standard InChI is InChI=1S/C11H21NO/c1-4-7-10(13)11(2,3)12-8-5-6-9-12/h4,10,13H,1,5-9H2,2-3H3. The first-order chi connectivity index (χ1) is 6.09. The fraction of sp³-hybridized carbons (Fsp3) is 0.818. The van der Waals surface area contributed by atoms with Gasteiger partial charge < -0.3 is 5.11 Å². The molecule has 1 saturated heterocycles. The Morgan fingerprint density at radius 1 is 1.46 bits per heavy atom. The van der Waals surface area contributed by atoms with Crippen LogP contribution in [0.4, 0.5) is 0 Å². The van der Waals surface area contributed by atoms with E-state index in [1.807, 2.05) is 0 Å². The Morgan fingerprint density at radius 3 is 2.46 bits per heavy atom. The first kappa shape index (κ1) is 10.7. The lowest BCUT2D eigenvalue weighted by Gasteiger charge is -2.39. The Kier molecular flexibility index (Phi) is 3.51. The quantitative estimate of drug-likeness (QED) is 0.672. The summed E-state index contributed by atoms with van der Waals surface area (Å²) in [5, 5.41) is 9.92. The van der Waals surface area contributed by atoms with Crippen molar-refractivity contribution in [2.24, 2.45) is 0 Å². The van der Waals surface area contributed by atoms with Crippen molar-refractivity contribution in [1.82, 2.24) is 4.90 Å². The number of hydrogen-bond donors (Lipinski definition) is 1. The van der Waals surface area contributed by atoms with Gasteiger partial charge >= 0.3 is 0 Å². The lowest BCUT2D eigenvalue weighted by atomic mass is 9.93. The molecule has 2 nitrogen and oxygen atoms in total. The van der Waals surface area contributed by atoms with Gasteiger partial charge in [0.1, 0.15) is 0 Å². The van der Waals surface area contributed by atoms with Crippen LogP contribution in [-0.2, 0) is 0 Å². The highest BCUT2D eigenvalue weighted by Gasteiger charge is 2.34. The van der Waals surface area contributed by atoms with Crippen LogP contribution >= 0.6 is 0 Å². The number of rotatable bonds is 4. The van der Waals surface area contributed by atoms with Crippen LogP contribution in [0, 0.1) is 0 Å². The molecule has 1 heterocycles. The van der Waals surface area contributed by atoms with Crippen LogP contribution in [0.1, 0.15) is 33.1 Å². The van der Waals surface area contributed by atoms with Gasteiger partial charge in [0.15, 0.2) is 0 Å². The van der Waals surface area contributed by atoms with Crippen molar-refractivity contribution >= 4 is 0 Å². The van der Waals surface area contributed by atoms with Crippen LogP contribution in [0.2, 0.25) is 0 Å². The molecular weight excluding hydrogens is 162 g/mol. The molecule has 1 aliphatic rings. The molecule has 0 radical (unpaired) electrons. The lowest BCUT2D eigenvalue weighted by molar-refractivity contribution is 0.00497. The predicted molar refractivity (Wildman–Crippen MR) is 55.7 cm³/mol. The van der Waals surface area contributed by atoms with Crippen molar-refractivity contribution in [1.29, 1.82) is 0 Å². The van der Waals surface area contributed by atoms with Crippen molar-refractivity contribution in [2.75, 3.05) is 13.1 Å². The second-order valence-corrected chi connectivity index (χ2v) is 4.39. The Labute approximate surface area is 81.2 Å². The van der Waals surface area contributed by atoms with E-state index < -0.39 is 0 Å². The maximum absolute atomic E-state index is 9.92. The van der Waals surface area contributed by atoms with E-state index >= 15 is 0 Å². The van der Waals surface area contributed by atoms with Gasteiger partial charge in [-0.2, -0.15) is 0 Å². The number of aliphatic hydroxyl groups excluding tert-OH is 1. The molecule has 0 aromatic rings. The second kappa shape index (κ2) is 4.25. The third kappa shape index (κ3) is 2.32. The SMILES string of the molecule is C=CCC(O)C(C)(C)N1CCCC1. The van der Waals surface area contributed by atoms with E-state index in [4.69, 9.17) is 0 Å². The van der Waals surface area contributed by atoms with E-state index in [2.05, 4.69) is 25.3 Å². The lowest BCUT2D eigenvalue weighted by Crippen LogP contribution is -2.50. The van der Waals surface area contributed by atoms with Crippen LogP contribution in [0.3, 0.4) is 0 Å². The third-order valence-corrected chi connectivity index (χ3v) is 3.13. The average molecular weight is 183 g/mol. The van der Waals surface area contributed by atoms with Gasteiger partial charge in [0.05, 0.1) is 6.10 Å². The normalized spacial score (nSPS) is 21.8. The first-order valence-electron chi connectivity index (χ1n) is 5.13. The number of hydrogen-bond acceptors (Lipinski definition) is 2. The molecule has 13 heavy (non-hydrogen) atoms.